The second-order valence-corrected chi connectivity index (χ2v) is 5.04. The van der Waals surface area contributed by atoms with Gasteiger partial charge in [-0.15, -0.1) is 0 Å². The van der Waals surface area contributed by atoms with Crippen molar-refractivity contribution < 1.29 is 15.0 Å². The Labute approximate surface area is 122 Å². The van der Waals surface area contributed by atoms with Crippen molar-refractivity contribution in [1.29, 1.82) is 0 Å². The summed E-state index contributed by atoms with van der Waals surface area (Å²) in [6.07, 6.45) is 1.63. The Morgan fingerprint density at radius 2 is 2.14 bits per heavy atom. The van der Waals surface area contributed by atoms with Gasteiger partial charge in [0.2, 0.25) is 0 Å². The number of hydrogen-bond acceptors (Lipinski definition) is 5. The minimum Gasteiger partial charge on any atom is -0.397 e. The Morgan fingerprint density at radius 3 is 2.81 bits per heavy atom. The highest BCUT2D eigenvalue weighted by atomic mass is 16.3. The highest BCUT2D eigenvalue weighted by Crippen LogP contribution is 2.15. The Bertz CT molecular complexity index is 637. The number of nitrogens with two attached hydrogens (primary N) is 1. The van der Waals surface area contributed by atoms with Gasteiger partial charge < -0.3 is 21.3 Å². The van der Waals surface area contributed by atoms with E-state index >= 15 is 0 Å². The summed E-state index contributed by atoms with van der Waals surface area (Å²) in [6, 6.07) is 8.73. The molecule has 0 fully saturated rings. The van der Waals surface area contributed by atoms with Gasteiger partial charge in [-0.05, 0) is 25.1 Å². The first kappa shape index (κ1) is 15.0. The molecule has 0 aliphatic rings. The molecule has 1 heterocycles. The van der Waals surface area contributed by atoms with E-state index in [9.17, 15) is 9.90 Å². The molecule has 5 N–H and O–H groups in total. The first-order valence-electron chi connectivity index (χ1n) is 6.45. The number of nitrogens with one attached hydrogen (secondary N) is 1. The maximum absolute atomic E-state index is 11.9. The molecular weight excluding hydrogens is 272 g/mol. The van der Waals surface area contributed by atoms with Crippen LogP contribution in [0.1, 0.15) is 17.4 Å². The van der Waals surface area contributed by atoms with Gasteiger partial charge in [0.25, 0.3) is 5.91 Å². The molecule has 1 aromatic heterocycles. The van der Waals surface area contributed by atoms with Gasteiger partial charge >= 0.3 is 0 Å². The molecule has 7 heteroatoms. The smallest absolute Gasteiger partial charge is 0.271 e. The highest BCUT2D eigenvalue weighted by Gasteiger charge is 2.21. The molecule has 0 bridgehead atoms. The number of aliphatic hydroxyl groups excluding tert-OH is 1. The van der Waals surface area contributed by atoms with Crippen LogP contribution in [0.25, 0.3) is 5.69 Å². The Balaban J connectivity index is 2.10. The van der Waals surface area contributed by atoms with Crippen LogP contribution in [0.5, 0.6) is 0 Å². The molecule has 7 nitrogen and oxygen atoms in total. The summed E-state index contributed by atoms with van der Waals surface area (Å²) in [5.74, 6) is -0.433. The first-order chi connectivity index (χ1) is 9.93. The molecular formula is C14H18N4O3. The summed E-state index contributed by atoms with van der Waals surface area (Å²) in [5.41, 5.74) is 5.92. The number of benzene rings is 1. The average molecular weight is 290 g/mol. The van der Waals surface area contributed by atoms with Gasteiger partial charge in [0, 0.05) is 12.7 Å². The molecule has 2 aromatic rings. The lowest BCUT2D eigenvalue weighted by Gasteiger charge is -2.20. The zero-order valence-electron chi connectivity index (χ0n) is 11.7. The number of amides is 1. The van der Waals surface area contributed by atoms with Crippen LogP contribution >= 0.6 is 0 Å². The molecule has 0 radical (unpaired) electrons. The van der Waals surface area contributed by atoms with Gasteiger partial charge in [-0.1, -0.05) is 12.1 Å². The Kier molecular flexibility index (Phi) is 4.25. The van der Waals surface area contributed by atoms with E-state index < -0.39 is 18.1 Å². The van der Waals surface area contributed by atoms with E-state index in [1.54, 1.807) is 24.4 Å². The van der Waals surface area contributed by atoms with Crippen molar-refractivity contribution in [2.75, 3.05) is 18.9 Å². The number of nitrogens with zero attached hydrogens (tertiary/aromatic N) is 2. The summed E-state index contributed by atoms with van der Waals surface area (Å²) in [6.45, 7) is 0.918. The van der Waals surface area contributed by atoms with E-state index in [1.807, 2.05) is 12.1 Å². The molecule has 0 aliphatic carbocycles. The van der Waals surface area contributed by atoms with Crippen molar-refractivity contribution in [3.63, 3.8) is 0 Å². The van der Waals surface area contributed by atoms with Crippen molar-refractivity contribution in [2.24, 2.45) is 0 Å². The lowest BCUT2D eigenvalue weighted by Crippen LogP contribution is -2.43. The van der Waals surface area contributed by atoms with E-state index in [4.69, 9.17) is 10.8 Å². The number of carbonyl (C=O) groups is 1. The van der Waals surface area contributed by atoms with Crippen LogP contribution in [-0.2, 0) is 0 Å². The second kappa shape index (κ2) is 5.94. The number of hydrogen-bond donors (Lipinski definition) is 4. The lowest BCUT2D eigenvalue weighted by molar-refractivity contribution is 0.00316. The zero-order chi connectivity index (χ0) is 15.5. The summed E-state index contributed by atoms with van der Waals surface area (Å²) in [7, 11) is 0. The number of para-hydroxylation sites is 2. The van der Waals surface area contributed by atoms with E-state index in [0.29, 0.717) is 11.4 Å². The SMILES string of the molecule is CC(O)(CO)CNC(=O)c1ccn(-c2ccccc2N)n1. The fraction of sp³-hybridized carbons (Fsp3) is 0.286. The van der Waals surface area contributed by atoms with Crippen LogP contribution in [0.4, 0.5) is 5.69 Å². The van der Waals surface area contributed by atoms with Gasteiger partial charge in [0.15, 0.2) is 5.69 Å². The van der Waals surface area contributed by atoms with Crippen molar-refractivity contribution in [3.8, 4) is 5.69 Å². The maximum atomic E-state index is 11.9. The van der Waals surface area contributed by atoms with Gasteiger partial charge in [-0.2, -0.15) is 5.10 Å². The van der Waals surface area contributed by atoms with Crippen LogP contribution in [-0.4, -0.2) is 44.7 Å². The number of carbonyl (C=O) groups excluding carboxylic acids is 1. The maximum Gasteiger partial charge on any atom is 0.271 e. The largest absolute Gasteiger partial charge is 0.397 e. The minimum absolute atomic E-state index is 0.0668. The number of anilines is 1. The molecule has 21 heavy (non-hydrogen) atoms. The Hall–Kier alpha value is -2.38. The van der Waals surface area contributed by atoms with Crippen LogP contribution in [0.15, 0.2) is 36.5 Å². The lowest BCUT2D eigenvalue weighted by atomic mass is 10.1. The number of aromatic nitrogens is 2. The highest BCUT2D eigenvalue weighted by molar-refractivity contribution is 5.92. The predicted octanol–water partition coefficient (Wildman–Crippen LogP) is -0.0724. The number of nitrogen functional groups attached to an aromatic ring is 1. The zero-order valence-corrected chi connectivity index (χ0v) is 11.7. The fourth-order valence-electron chi connectivity index (χ4n) is 1.69. The van der Waals surface area contributed by atoms with Crippen molar-refractivity contribution in [1.82, 2.24) is 15.1 Å². The molecule has 1 amide bonds. The first-order valence-corrected chi connectivity index (χ1v) is 6.45. The van der Waals surface area contributed by atoms with E-state index in [0.717, 1.165) is 0 Å². The van der Waals surface area contributed by atoms with Crippen LogP contribution in [0, 0.1) is 0 Å². The molecule has 1 atom stereocenters. The molecule has 112 valence electrons. The molecule has 0 saturated heterocycles. The number of aliphatic hydroxyl groups is 2. The Morgan fingerprint density at radius 1 is 1.43 bits per heavy atom. The van der Waals surface area contributed by atoms with Gasteiger partial charge in [-0.25, -0.2) is 4.68 Å². The fourth-order valence-corrected chi connectivity index (χ4v) is 1.69. The van der Waals surface area contributed by atoms with Gasteiger partial charge in [0.05, 0.1) is 18.0 Å². The number of rotatable bonds is 5. The third kappa shape index (κ3) is 3.59. The molecule has 1 aromatic carbocycles. The average Bonchev–Trinajstić information content (AvgIpc) is 2.95. The van der Waals surface area contributed by atoms with E-state index in [1.165, 1.54) is 11.6 Å². The van der Waals surface area contributed by atoms with Crippen LogP contribution in [0.3, 0.4) is 0 Å². The topological polar surface area (TPSA) is 113 Å². The molecule has 1 unspecified atom stereocenters. The van der Waals surface area contributed by atoms with Gasteiger partial charge in [-0.3, -0.25) is 4.79 Å². The predicted molar refractivity (Wildman–Crippen MR) is 78.0 cm³/mol. The van der Waals surface area contributed by atoms with Crippen LogP contribution < -0.4 is 11.1 Å². The van der Waals surface area contributed by atoms with Crippen molar-refractivity contribution in [3.05, 3.63) is 42.2 Å². The summed E-state index contributed by atoms with van der Waals surface area (Å²) in [5, 5.41) is 25.2. The summed E-state index contributed by atoms with van der Waals surface area (Å²) < 4.78 is 1.51. The normalized spacial score (nSPS) is 13.7. The molecule has 0 aliphatic heterocycles. The standard InChI is InChI=1S/C14H18N4O3/c1-14(21,9-19)8-16-13(20)11-6-7-18(17-11)12-5-3-2-4-10(12)15/h2-7,19,21H,8-9,15H2,1H3,(H,16,20). The second-order valence-electron chi connectivity index (χ2n) is 5.04. The minimum atomic E-state index is -1.36. The van der Waals surface area contributed by atoms with E-state index in [-0.39, 0.29) is 12.2 Å². The van der Waals surface area contributed by atoms with Crippen LogP contribution in [0.2, 0.25) is 0 Å². The molecule has 0 spiro atoms. The third-order valence-electron chi connectivity index (χ3n) is 2.98. The van der Waals surface area contributed by atoms with Crippen molar-refractivity contribution in [2.45, 2.75) is 12.5 Å². The van der Waals surface area contributed by atoms with Gasteiger partial charge in [0.1, 0.15) is 5.60 Å². The monoisotopic (exact) mass is 290 g/mol. The quantitative estimate of drug-likeness (QED) is 0.576. The van der Waals surface area contributed by atoms with E-state index in [2.05, 4.69) is 10.4 Å². The van der Waals surface area contributed by atoms with Crippen molar-refractivity contribution >= 4 is 11.6 Å². The third-order valence-corrected chi connectivity index (χ3v) is 2.98. The summed E-state index contributed by atoms with van der Waals surface area (Å²) in [4.78, 5) is 11.9. The summed E-state index contributed by atoms with van der Waals surface area (Å²) >= 11 is 0. The molecule has 0 saturated carbocycles. The molecule has 2 rings (SSSR count).